The number of methoxy groups -OCH3 is 1. The molecule has 0 saturated heterocycles. The summed E-state index contributed by atoms with van der Waals surface area (Å²) in [6.07, 6.45) is 7.63. The average molecular weight is 425 g/mol. The molecule has 0 amide bonds. The van der Waals surface area contributed by atoms with Gasteiger partial charge in [-0.05, 0) is 45.0 Å². The lowest BCUT2D eigenvalue weighted by atomic mass is 10.0. The van der Waals surface area contributed by atoms with Crippen molar-refractivity contribution >= 4 is 11.0 Å². The van der Waals surface area contributed by atoms with Crippen LogP contribution in [0.2, 0.25) is 0 Å². The van der Waals surface area contributed by atoms with Crippen LogP contribution in [0.15, 0.2) is 65.7 Å². The fourth-order valence-electron chi connectivity index (χ4n) is 4.12. The molecule has 0 radical (unpaired) electrons. The first-order chi connectivity index (χ1) is 15.6. The van der Waals surface area contributed by atoms with E-state index in [9.17, 15) is 0 Å². The average Bonchev–Trinajstić information content (AvgIpc) is 3.38. The second-order valence-corrected chi connectivity index (χ2v) is 7.76. The van der Waals surface area contributed by atoms with Crippen LogP contribution in [-0.2, 0) is 0 Å². The zero-order valence-electron chi connectivity index (χ0n) is 18.4. The predicted octanol–water partition coefficient (Wildman–Crippen LogP) is 5.38. The fraction of sp³-hybridized carbons (Fsp3) is 0.200. The van der Waals surface area contributed by atoms with Gasteiger partial charge in [-0.25, -0.2) is 4.98 Å². The van der Waals surface area contributed by atoms with Gasteiger partial charge in [-0.15, -0.1) is 0 Å². The molecule has 5 aromatic heterocycles. The number of pyridine rings is 3. The third-order valence-electron chi connectivity index (χ3n) is 5.78. The highest BCUT2D eigenvalue weighted by molar-refractivity contribution is 5.95. The summed E-state index contributed by atoms with van der Waals surface area (Å²) in [5.41, 5.74) is 7.65. The Kier molecular flexibility index (Phi) is 4.93. The maximum atomic E-state index is 5.39. The van der Waals surface area contributed by atoms with E-state index in [-0.39, 0.29) is 6.04 Å². The van der Waals surface area contributed by atoms with Gasteiger partial charge in [0.1, 0.15) is 5.76 Å². The van der Waals surface area contributed by atoms with E-state index in [1.807, 2.05) is 62.8 Å². The van der Waals surface area contributed by atoms with Crippen LogP contribution in [0.1, 0.15) is 30.1 Å². The second-order valence-electron chi connectivity index (χ2n) is 7.76. The minimum atomic E-state index is 0.0142. The molecule has 0 saturated carbocycles. The number of fused-ring (bicyclic) bond motifs is 1. The predicted molar refractivity (Wildman–Crippen MR) is 123 cm³/mol. The number of ether oxygens (including phenoxy) is 1. The summed E-state index contributed by atoms with van der Waals surface area (Å²) in [7, 11) is 1.61. The van der Waals surface area contributed by atoms with Crippen LogP contribution in [0, 0.1) is 13.8 Å². The molecule has 32 heavy (non-hydrogen) atoms. The molecule has 1 atom stereocenters. The quantitative estimate of drug-likeness (QED) is 0.376. The summed E-state index contributed by atoms with van der Waals surface area (Å²) in [6, 6.07) is 12.0. The van der Waals surface area contributed by atoms with E-state index in [1.165, 1.54) is 0 Å². The Balaban J connectivity index is 1.73. The van der Waals surface area contributed by atoms with Crippen molar-refractivity contribution in [2.45, 2.75) is 26.8 Å². The first-order valence-electron chi connectivity index (χ1n) is 10.4. The van der Waals surface area contributed by atoms with Crippen molar-refractivity contribution < 1.29 is 9.26 Å². The first kappa shape index (κ1) is 19.9. The summed E-state index contributed by atoms with van der Waals surface area (Å²) in [4.78, 5) is 13.8. The molecule has 0 aliphatic heterocycles. The lowest BCUT2D eigenvalue weighted by Gasteiger charge is -2.15. The molecule has 0 unspecified atom stereocenters. The number of aromatic nitrogens is 5. The third-order valence-corrected chi connectivity index (χ3v) is 5.78. The van der Waals surface area contributed by atoms with Crippen molar-refractivity contribution in [1.29, 1.82) is 0 Å². The van der Waals surface area contributed by atoms with Gasteiger partial charge in [-0.1, -0.05) is 11.2 Å². The van der Waals surface area contributed by atoms with Crippen molar-refractivity contribution in [3.63, 3.8) is 0 Å². The van der Waals surface area contributed by atoms with Crippen LogP contribution >= 0.6 is 0 Å². The first-order valence-corrected chi connectivity index (χ1v) is 10.4. The summed E-state index contributed by atoms with van der Waals surface area (Å²) >= 11 is 0. The summed E-state index contributed by atoms with van der Waals surface area (Å²) < 4.78 is 12.8. The molecule has 7 heteroatoms. The van der Waals surface area contributed by atoms with E-state index in [0.29, 0.717) is 5.88 Å². The number of rotatable bonds is 5. The Labute approximate surface area is 185 Å². The number of hydrogen-bond acceptors (Lipinski definition) is 6. The number of nitrogens with zero attached hydrogens (tertiary/aromatic N) is 5. The highest BCUT2D eigenvalue weighted by atomic mass is 16.5. The van der Waals surface area contributed by atoms with Gasteiger partial charge in [-0.2, -0.15) is 0 Å². The maximum absolute atomic E-state index is 5.39. The molecule has 0 aliphatic rings. The van der Waals surface area contributed by atoms with E-state index in [2.05, 4.69) is 38.9 Å². The minimum absolute atomic E-state index is 0.0142. The summed E-state index contributed by atoms with van der Waals surface area (Å²) in [6.45, 7) is 6.00. The van der Waals surface area contributed by atoms with Crippen LogP contribution in [0.3, 0.4) is 0 Å². The molecule has 0 aromatic carbocycles. The SMILES string of the molecule is COc1ccc(-c2cn([C@@H](C)c3ccccn3)c3cc(-c4c(C)noc4C)cnc23)cn1. The lowest BCUT2D eigenvalue weighted by molar-refractivity contribution is 0.393. The van der Waals surface area contributed by atoms with Crippen molar-refractivity contribution in [3.8, 4) is 28.1 Å². The van der Waals surface area contributed by atoms with Crippen LogP contribution in [-0.4, -0.2) is 31.8 Å². The molecule has 0 aliphatic carbocycles. The Hall–Kier alpha value is -4.00. The Morgan fingerprint density at radius 3 is 2.50 bits per heavy atom. The molecule has 0 N–H and O–H groups in total. The lowest BCUT2D eigenvalue weighted by Crippen LogP contribution is -2.07. The Morgan fingerprint density at radius 1 is 1.00 bits per heavy atom. The highest BCUT2D eigenvalue weighted by Crippen LogP contribution is 2.36. The molecule has 5 rings (SSSR count). The topological polar surface area (TPSA) is 78.9 Å². The molecule has 5 heterocycles. The van der Waals surface area contributed by atoms with Crippen LogP contribution in [0.4, 0.5) is 0 Å². The molecular weight excluding hydrogens is 402 g/mol. The van der Waals surface area contributed by atoms with Crippen LogP contribution < -0.4 is 4.74 Å². The van der Waals surface area contributed by atoms with E-state index >= 15 is 0 Å². The summed E-state index contributed by atoms with van der Waals surface area (Å²) in [5, 5.41) is 4.11. The van der Waals surface area contributed by atoms with Gasteiger partial charge in [0.25, 0.3) is 0 Å². The molecule has 0 spiro atoms. The molecule has 5 aromatic rings. The standard InChI is InChI=1S/C25H23N5O2/c1-15-24(17(3)32-29-15)19-11-22-25(28-13-19)20(18-8-9-23(31-4)27-12-18)14-30(22)16(2)21-7-5-6-10-26-21/h5-14,16H,1-4H3/t16-/m0/s1. The molecule has 0 fully saturated rings. The Morgan fingerprint density at radius 2 is 1.84 bits per heavy atom. The van der Waals surface area contributed by atoms with Gasteiger partial charge in [0.2, 0.25) is 5.88 Å². The molecule has 7 nitrogen and oxygen atoms in total. The number of aryl methyl sites for hydroxylation is 2. The molecular formula is C25H23N5O2. The van der Waals surface area contributed by atoms with Crippen LogP contribution in [0.25, 0.3) is 33.3 Å². The van der Waals surface area contributed by atoms with Gasteiger partial charge < -0.3 is 13.8 Å². The van der Waals surface area contributed by atoms with Crippen molar-refractivity contribution in [2.24, 2.45) is 0 Å². The van der Waals surface area contributed by atoms with Gasteiger partial charge in [-0.3, -0.25) is 9.97 Å². The zero-order valence-corrected chi connectivity index (χ0v) is 18.4. The largest absolute Gasteiger partial charge is 0.481 e. The van der Waals surface area contributed by atoms with Gasteiger partial charge in [0.05, 0.1) is 35.6 Å². The third kappa shape index (κ3) is 3.32. The Bertz CT molecular complexity index is 1370. The van der Waals surface area contributed by atoms with Gasteiger partial charge >= 0.3 is 0 Å². The number of hydrogen-bond donors (Lipinski definition) is 0. The zero-order chi connectivity index (χ0) is 22.2. The van der Waals surface area contributed by atoms with Crippen molar-refractivity contribution in [2.75, 3.05) is 7.11 Å². The van der Waals surface area contributed by atoms with Crippen LogP contribution in [0.5, 0.6) is 5.88 Å². The smallest absolute Gasteiger partial charge is 0.212 e. The van der Waals surface area contributed by atoms with Crippen molar-refractivity contribution in [1.82, 2.24) is 24.7 Å². The van der Waals surface area contributed by atoms with E-state index in [1.54, 1.807) is 7.11 Å². The van der Waals surface area contributed by atoms with Gasteiger partial charge in [0, 0.05) is 53.1 Å². The monoisotopic (exact) mass is 425 g/mol. The van der Waals surface area contributed by atoms with Crippen molar-refractivity contribution in [3.05, 3.63) is 78.3 Å². The molecule has 0 bridgehead atoms. The van der Waals surface area contributed by atoms with E-state index in [4.69, 9.17) is 14.2 Å². The van der Waals surface area contributed by atoms with Gasteiger partial charge in [0.15, 0.2) is 0 Å². The van der Waals surface area contributed by atoms with E-state index in [0.717, 1.165) is 50.4 Å². The van der Waals surface area contributed by atoms with E-state index < -0.39 is 0 Å². The second kappa shape index (κ2) is 7.92. The minimum Gasteiger partial charge on any atom is -0.481 e. The highest BCUT2D eigenvalue weighted by Gasteiger charge is 2.20. The molecule has 160 valence electrons. The normalized spacial score (nSPS) is 12.2. The fourth-order valence-corrected chi connectivity index (χ4v) is 4.12. The maximum Gasteiger partial charge on any atom is 0.212 e. The summed E-state index contributed by atoms with van der Waals surface area (Å²) in [5.74, 6) is 1.35.